The number of hydrogen-bond acceptors (Lipinski definition) is 7. The normalized spacial score (nSPS) is 20.7. The first-order valence-electron chi connectivity index (χ1n) is 16.5. The van der Waals surface area contributed by atoms with E-state index in [4.69, 9.17) is 0 Å². The molecule has 2 fully saturated rings. The minimum atomic E-state index is -3.68. The molecule has 0 aromatic heterocycles. The summed E-state index contributed by atoms with van der Waals surface area (Å²) >= 11 is 0. The lowest BCUT2D eigenvalue weighted by molar-refractivity contribution is -0.143. The second-order valence-electron chi connectivity index (χ2n) is 14.8. The highest BCUT2D eigenvalue weighted by Gasteiger charge is 2.44. The number of nitrogens with one attached hydrogen (secondary N) is 4. The van der Waals surface area contributed by atoms with E-state index < -0.39 is 74.7 Å². The molecular formula is C32H57N7O7S. The quantitative estimate of drug-likeness (QED) is 0.159. The molecule has 15 heteroatoms. The number of ketones is 1. The van der Waals surface area contributed by atoms with Gasteiger partial charge in [-0.05, 0) is 43.9 Å². The molecule has 0 aromatic carbocycles. The molecule has 0 aromatic rings. The predicted molar refractivity (Wildman–Crippen MR) is 180 cm³/mol. The molecule has 5 amide bonds. The van der Waals surface area contributed by atoms with Gasteiger partial charge in [0.15, 0.2) is 0 Å². The lowest BCUT2D eigenvalue weighted by Gasteiger charge is -2.37. The highest BCUT2D eigenvalue weighted by molar-refractivity contribution is 7.87. The highest BCUT2D eigenvalue weighted by atomic mass is 32.2. The van der Waals surface area contributed by atoms with Crippen LogP contribution in [0.2, 0.25) is 0 Å². The van der Waals surface area contributed by atoms with Gasteiger partial charge in [0, 0.05) is 44.8 Å². The molecule has 2 heterocycles. The van der Waals surface area contributed by atoms with Crippen molar-refractivity contribution in [1.82, 2.24) is 34.8 Å². The molecule has 4 atom stereocenters. The van der Waals surface area contributed by atoms with Gasteiger partial charge < -0.3 is 26.2 Å². The van der Waals surface area contributed by atoms with E-state index in [1.54, 1.807) is 20.8 Å². The van der Waals surface area contributed by atoms with Gasteiger partial charge in [0.1, 0.15) is 12.1 Å². The molecule has 2 aliphatic rings. The summed E-state index contributed by atoms with van der Waals surface area (Å²) in [7, 11) is -3.68. The molecule has 4 N–H and O–H groups in total. The Morgan fingerprint density at radius 1 is 0.936 bits per heavy atom. The molecule has 0 aliphatic carbocycles. The topological polar surface area (TPSA) is 177 Å². The number of nitrogens with zero attached hydrogens (tertiary/aromatic N) is 3. The average molecular weight is 684 g/mol. The Morgan fingerprint density at radius 3 is 2.09 bits per heavy atom. The van der Waals surface area contributed by atoms with E-state index in [1.165, 1.54) is 19.6 Å². The lowest BCUT2D eigenvalue weighted by Crippen LogP contribution is -2.62. The van der Waals surface area contributed by atoms with Crippen LogP contribution >= 0.6 is 0 Å². The number of amides is 5. The van der Waals surface area contributed by atoms with E-state index in [0.29, 0.717) is 32.4 Å². The first-order valence-corrected chi connectivity index (χ1v) is 17.9. The SMILES string of the molecule is C=CCNC(=O)C(=O)C(CCC)NC(=O)[C@@H]1CCCN1C(=O)[C@@H](NC(=O)N[C@H](CN1CCN(C(C)C)S1(=O)=O)C(C)(C)C)C(C)(C)C. The van der Waals surface area contributed by atoms with Crippen molar-refractivity contribution in [3.63, 3.8) is 0 Å². The maximum atomic E-state index is 14.0. The van der Waals surface area contributed by atoms with E-state index in [2.05, 4.69) is 27.8 Å². The fourth-order valence-corrected chi connectivity index (χ4v) is 7.51. The van der Waals surface area contributed by atoms with Gasteiger partial charge in [0.05, 0.1) is 6.04 Å². The Bertz CT molecular complexity index is 1270. The van der Waals surface area contributed by atoms with Gasteiger partial charge in [0.2, 0.25) is 17.6 Å². The van der Waals surface area contributed by atoms with Crippen LogP contribution in [0, 0.1) is 10.8 Å². The summed E-state index contributed by atoms with van der Waals surface area (Å²) in [5.41, 5.74) is -1.28. The number of likely N-dealkylation sites (tertiary alicyclic amines) is 1. The number of Topliss-reactive ketones (excluding diaryl/α,β-unsaturated/α-hetero) is 1. The van der Waals surface area contributed by atoms with Crippen molar-refractivity contribution in [3.05, 3.63) is 12.7 Å². The third-order valence-electron chi connectivity index (χ3n) is 8.57. The van der Waals surface area contributed by atoms with Gasteiger partial charge in [0.25, 0.3) is 16.1 Å². The Morgan fingerprint density at radius 2 is 1.57 bits per heavy atom. The van der Waals surface area contributed by atoms with E-state index in [-0.39, 0.29) is 32.1 Å². The molecule has 14 nitrogen and oxygen atoms in total. The number of urea groups is 1. The Hall–Kier alpha value is -3.04. The van der Waals surface area contributed by atoms with Crippen molar-refractivity contribution in [2.45, 2.75) is 118 Å². The van der Waals surface area contributed by atoms with Crippen molar-refractivity contribution in [2.24, 2.45) is 10.8 Å². The minimum Gasteiger partial charge on any atom is -0.346 e. The zero-order chi connectivity index (χ0) is 35.9. The summed E-state index contributed by atoms with van der Waals surface area (Å²) < 4.78 is 29.1. The number of hydrogen-bond donors (Lipinski definition) is 4. The van der Waals surface area contributed by atoms with Gasteiger partial charge in [-0.2, -0.15) is 17.0 Å². The van der Waals surface area contributed by atoms with Crippen molar-refractivity contribution in [2.75, 3.05) is 32.7 Å². The van der Waals surface area contributed by atoms with Crippen molar-refractivity contribution < 1.29 is 32.4 Å². The van der Waals surface area contributed by atoms with E-state index in [0.717, 1.165) is 0 Å². The van der Waals surface area contributed by atoms with Crippen LogP contribution in [-0.2, 0) is 29.4 Å². The van der Waals surface area contributed by atoms with Crippen molar-refractivity contribution >= 4 is 39.7 Å². The predicted octanol–water partition coefficient (Wildman–Crippen LogP) is 1.53. The molecule has 0 bridgehead atoms. The van der Waals surface area contributed by atoms with Crippen LogP contribution in [0.25, 0.3) is 0 Å². The van der Waals surface area contributed by atoms with E-state index >= 15 is 0 Å². The maximum absolute atomic E-state index is 14.0. The maximum Gasteiger partial charge on any atom is 0.315 e. The van der Waals surface area contributed by atoms with Crippen molar-refractivity contribution in [1.29, 1.82) is 0 Å². The van der Waals surface area contributed by atoms with Gasteiger partial charge in [-0.1, -0.05) is 61.0 Å². The fourth-order valence-electron chi connectivity index (χ4n) is 5.72. The molecular weight excluding hydrogens is 626 g/mol. The van der Waals surface area contributed by atoms with Gasteiger partial charge >= 0.3 is 6.03 Å². The van der Waals surface area contributed by atoms with Crippen molar-refractivity contribution in [3.8, 4) is 0 Å². The van der Waals surface area contributed by atoms with Crippen LogP contribution in [0.5, 0.6) is 0 Å². The summed E-state index contributed by atoms with van der Waals surface area (Å²) in [5, 5.41) is 10.9. The third kappa shape index (κ3) is 10.5. The monoisotopic (exact) mass is 683 g/mol. The molecule has 0 spiro atoms. The zero-order valence-electron chi connectivity index (χ0n) is 29.6. The molecule has 2 saturated heterocycles. The lowest BCUT2D eigenvalue weighted by atomic mass is 9.85. The summed E-state index contributed by atoms with van der Waals surface area (Å²) in [6, 6.07) is -4.35. The van der Waals surface area contributed by atoms with Crippen LogP contribution in [0.15, 0.2) is 12.7 Å². The van der Waals surface area contributed by atoms with Crippen LogP contribution in [0.1, 0.15) is 88.0 Å². The van der Waals surface area contributed by atoms with Crippen LogP contribution in [0.3, 0.4) is 0 Å². The molecule has 2 rings (SSSR count). The first kappa shape index (κ1) is 40.1. The summed E-state index contributed by atoms with van der Waals surface area (Å²) in [6.07, 6.45) is 3.15. The molecule has 1 unspecified atom stereocenters. The van der Waals surface area contributed by atoms with Gasteiger partial charge in [-0.15, -0.1) is 6.58 Å². The summed E-state index contributed by atoms with van der Waals surface area (Å²) in [4.78, 5) is 67.5. The van der Waals surface area contributed by atoms with Crippen LogP contribution in [0.4, 0.5) is 4.79 Å². The second-order valence-corrected chi connectivity index (χ2v) is 16.7. The van der Waals surface area contributed by atoms with Crippen LogP contribution < -0.4 is 21.3 Å². The Balaban J connectivity index is 2.21. The summed E-state index contributed by atoms with van der Waals surface area (Å²) in [6.45, 7) is 21.2. The molecule has 268 valence electrons. The fraction of sp³-hybridized carbons (Fsp3) is 0.781. The molecule has 0 radical (unpaired) electrons. The van der Waals surface area contributed by atoms with Crippen LogP contribution in [-0.4, -0.2) is 114 Å². The number of carbonyl (C=O) groups excluding carboxylic acids is 5. The smallest absolute Gasteiger partial charge is 0.315 e. The number of carbonyl (C=O) groups is 5. The first-order chi connectivity index (χ1) is 21.7. The third-order valence-corrected chi connectivity index (χ3v) is 10.8. The minimum absolute atomic E-state index is 0.0637. The number of rotatable bonds is 14. The Kier molecular flexibility index (Phi) is 14.0. The molecule has 0 saturated carbocycles. The summed E-state index contributed by atoms with van der Waals surface area (Å²) in [5.74, 6) is -2.57. The standard InChI is InChI=1S/C32H57N7O7S/c1-11-14-22(25(40)28(42)33-16-12-2)34-27(41)23-15-13-17-38(23)29(43)26(32(8,9)10)36-30(44)35-24(31(5,6)7)20-37-18-19-39(21(3)4)47(37,45)46/h12,21-24,26H,2,11,13-20H2,1,3-10H3,(H,33,42)(H,34,41)(H2,35,36,44)/t22?,23-,24+,26+/m0/s1. The highest BCUT2D eigenvalue weighted by Crippen LogP contribution is 2.28. The second kappa shape index (κ2) is 16.4. The van der Waals surface area contributed by atoms with E-state index in [9.17, 15) is 32.4 Å². The molecule has 2 aliphatic heterocycles. The average Bonchev–Trinajstić information content (AvgIpc) is 3.56. The van der Waals surface area contributed by atoms with Gasteiger partial charge in [-0.25, -0.2) is 4.79 Å². The molecule has 47 heavy (non-hydrogen) atoms. The largest absolute Gasteiger partial charge is 0.346 e. The Labute approximate surface area is 281 Å². The van der Waals surface area contributed by atoms with Gasteiger partial charge in [-0.3, -0.25) is 19.2 Å². The van der Waals surface area contributed by atoms with E-state index in [1.807, 2.05) is 41.5 Å². The zero-order valence-corrected chi connectivity index (χ0v) is 30.5.